The molecule has 0 atom stereocenters. The standard InChI is InChI=1S/C14H18N2/c1-3-4-9-16-11(2)10-13(15)12-7-5-6-8-14(12)16/h5-8,10,15H,3-4,9H2,1-2H3. The van der Waals surface area contributed by atoms with Crippen molar-refractivity contribution in [1.29, 1.82) is 5.41 Å². The summed E-state index contributed by atoms with van der Waals surface area (Å²) in [6.45, 7) is 5.33. The van der Waals surface area contributed by atoms with Crippen LogP contribution < -0.4 is 5.36 Å². The molecule has 2 rings (SSSR count). The molecular weight excluding hydrogens is 196 g/mol. The Morgan fingerprint density at radius 1 is 1.25 bits per heavy atom. The van der Waals surface area contributed by atoms with Gasteiger partial charge in [-0.05, 0) is 25.5 Å². The second-order valence-corrected chi connectivity index (χ2v) is 4.22. The fourth-order valence-electron chi connectivity index (χ4n) is 2.10. The van der Waals surface area contributed by atoms with Gasteiger partial charge >= 0.3 is 0 Å². The lowest BCUT2D eigenvalue weighted by atomic mass is 10.1. The van der Waals surface area contributed by atoms with Gasteiger partial charge < -0.3 is 9.98 Å². The molecule has 0 saturated heterocycles. The summed E-state index contributed by atoms with van der Waals surface area (Å²) in [4.78, 5) is 0. The van der Waals surface area contributed by atoms with E-state index in [1.165, 1.54) is 24.1 Å². The van der Waals surface area contributed by atoms with Gasteiger partial charge in [0, 0.05) is 17.6 Å². The van der Waals surface area contributed by atoms with E-state index in [4.69, 9.17) is 5.41 Å². The highest BCUT2D eigenvalue weighted by atomic mass is 15.0. The van der Waals surface area contributed by atoms with Crippen LogP contribution in [0.1, 0.15) is 25.5 Å². The van der Waals surface area contributed by atoms with Crippen LogP contribution in [-0.2, 0) is 6.54 Å². The van der Waals surface area contributed by atoms with E-state index in [0.717, 1.165) is 11.9 Å². The van der Waals surface area contributed by atoms with Crippen molar-refractivity contribution in [3.63, 3.8) is 0 Å². The Morgan fingerprint density at radius 2 is 2.00 bits per heavy atom. The molecule has 84 valence electrons. The summed E-state index contributed by atoms with van der Waals surface area (Å²) in [5.41, 5.74) is 2.36. The van der Waals surface area contributed by atoms with Gasteiger partial charge in [-0.2, -0.15) is 0 Å². The minimum atomic E-state index is 0.626. The number of pyridine rings is 1. The Bertz CT molecular complexity index is 552. The number of para-hydroxylation sites is 1. The molecular formula is C14H18N2. The highest BCUT2D eigenvalue weighted by molar-refractivity contribution is 5.78. The number of aryl methyl sites for hydroxylation is 2. The molecule has 0 aliphatic rings. The van der Waals surface area contributed by atoms with Crippen molar-refractivity contribution in [2.75, 3.05) is 0 Å². The number of rotatable bonds is 3. The number of aromatic nitrogens is 1. The van der Waals surface area contributed by atoms with E-state index in [0.29, 0.717) is 5.36 Å². The number of hydrogen-bond acceptors (Lipinski definition) is 1. The third kappa shape index (κ3) is 1.87. The van der Waals surface area contributed by atoms with E-state index in [-0.39, 0.29) is 0 Å². The maximum Gasteiger partial charge on any atom is 0.0650 e. The summed E-state index contributed by atoms with van der Waals surface area (Å²) < 4.78 is 2.32. The minimum absolute atomic E-state index is 0.626. The molecule has 1 aromatic heterocycles. The summed E-state index contributed by atoms with van der Waals surface area (Å²) in [5.74, 6) is 0. The van der Waals surface area contributed by atoms with Crippen LogP contribution in [0.2, 0.25) is 0 Å². The van der Waals surface area contributed by atoms with E-state index in [1.54, 1.807) is 0 Å². The van der Waals surface area contributed by atoms with Gasteiger partial charge in [-0.1, -0.05) is 31.5 Å². The maximum absolute atomic E-state index is 7.96. The summed E-state index contributed by atoms with van der Waals surface area (Å²) in [5, 5.41) is 9.64. The highest BCUT2D eigenvalue weighted by Gasteiger charge is 2.02. The van der Waals surface area contributed by atoms with Gasteiger partial charge in [0.1, 0.15) is 0 Å². The van der Waals surface area contributed by atoms with Gasteiger partial charge in [0.15, 0.2) is 0 Å². The quantitative estimate of drug-likeness (QED) is 0.812. The number of nitrogens with one attached hydrogen (secondary N) is 1. The Morgan fingerprint density at radius 3 is 2.75 bits per heavy atom. The van der Waals surface area contributed by atoms with Crippen molar-refractivity contribution in [3.05, 3.63) is 41.4 Å². The summed E-state index contributed by atoms with van der Waals surface area (Å²) in [6.07, 6.45) is 2.39. The van der Waals surface area contributed by atoms with Crippen LogP contribution in [-0.4, -0.2) is 4.57 Å². The van der Waals surface area contributed by atoms with Gasteiger partial charge in [-0.3, -0.25) is 0 Å². The van der Waals surface area contributed by atoms with Crippen LogP contribution in [0, 0.1) is 12.3 Å². The predicted octanol–water partition coefficient (Wildman–Crippen LogP) is 3.23. The molecule has 2 nitrogen and oxygen atoms in total. The smallest absolute Gasteiger partial charge is 0.0650 e. The molecule has 0 unspecified atom stereocenters. The number of benzene rings is 1. The zero-order chi connectivity index (χ0) is 11.5. The first kappa shape index (κ1) is 10.9. The second-order valence-electron chi connectivity index (χ2n) is 4.22. The number of hydrogen-bond donors (Lipinski definition) is 1. The van der Waals surface area contributed by atoms with E-state index in [9.17, 15) is 0 Å². The van der Waals surface area contributed by atoms with E-state index >= 15 is 0 Å². The molecule has 16 heavy (non-hydrogen) atoms. The lowest BCUT2D eigenvalue weighted by molar-refractivity contribution is 0.632. The second kappa shape index (κ2) is 4.52. The average Bonchev–Trinajstić information content (AvgIpc) is 2.29. The van der Waals surface area contributed by atoms with Crippen molar-refractivity contribution in [1.82, 2.24) is 4.57 Å². The zero-order valence-electron chi connectivity index (χ0n) is 9.96. The molecule has 0 aliphatic heterocycles. The lowest BCUT2D eigenvalue weighted by Gasteiger charge is -2.14. The van der Waals surface area contributed by atoms with Gasteiger partial charge in [-0.25, -0.2) is 0 Å². The average molecular weight is 214 g/mol. The van der Waals surface area contributed by atoms with Crippen molar-refractivity contribution in [2.24, 2.45) is 0 Å². The molecule has 1 N–H and O–H groups in total. The first-order valence-corrected chi connectivity index (χ1v) is 5.88. The molecule has 0 radical (unpaired) electrons. The Kier molecular flexibility index (Phi) is 3.09. The molecule has 1 aromatic carbocycles. The van der Waals surface area contributed by atoms with Gasteiger partial charge in [-0.15, -0.1) is 0 Å². The van der Waals surface area contributed by atoms with Crippen LogP contribution in [0.25, 0.3) is 10.9 Å². The third-order valence-electron chi connectivity index (χ3n) is 3.00. The van der Waals surface area contributed by atoms with E-state index < -0.39 is 0 Å². The summed E-state index contributed by atoms with van der Waals surface area (Å²) in [6, 6.07) is 10.1. The maximum atomic E-state index is 7.96. The molecule has 1 heterocycles. The molecule has 2 heteroatoms. The molecule has 0 aliphatic carbocycles. The molecule has 0 fully saturated rings. The first-order valence-electron chi connectivity index (χ1n) is 5.88. The summed E-state index contributed by atoms with van der Waals surface area (Å²) >= 11 is 0. The fourth-order valence-corrected chi connectivity index (χ4v) is 2.10. The third-order valence-corrected chi connectivity index (χ3v) is 3.00. The Labute approximate surface area is 96.1 Å². The largest absolute Gasteiger partial charge is 0.345 e. The summed E-state index contributed by atoms with van der Waals surface area (Å²) in [7, 11) is 0. The van der Waals surface area contributed by atoms with E-state index in [2.05, 4.69) is 24.5 Å². The number of nitrogens with zero attached hydrogens (tertiary/aromatic N) is 1. The van der Waals surface area contributed by atoms with Crippen molar-refractivity contribution < 1.29 is 0 Å². The predicted molar refractivity (Wildman–Crippen MR) is 67.4 cm³/mol. The normalized spacial score (nSPS) is 10.9. The number of fused-ring (bicyclic) bond motifs is 1. The monoisotopic (exact) mass is 214 g/mol. The minimum Gasteiger partial charge on any atom is -0.345 e. The van der Waals surface area contributed by atoms with Gasteiger partial charge in [0.05, 0.1) is 10.9 Å². The molecule has 0 saturated carbocycles. The Hall–Kier alpha value is -1.57. The Balaban J connectivity index is 2.66. The lowest BCUT2D eigenvalue weighted by Crippen LogP contribution is -2.12. The van der Waals surface area contributed by atoms with E-state index in [1.807, 2.05) is 24.3 Å². The SMILES string of the molecule is CCCCn1c(C)cc(=N)c2ccccc21. The van der Waals surface area contributed by atoms with Crippen LogP contribution in [0.5, 0.6) is 0 Å². The van der Waals surface area contributed by atoms with Gasteiger partial charge in [0.25, 0.3) is 0 Å². The molecule has 0 bridgehead atoms. The fraction of sp³-hybridized carbons (Fsp3) is 0.357. The molecule has 0 spiro atoms. The number of unbranched alkanes of at least 4 members (excludes halogenated alkanes) is 1. The van der Waals surface area contributed by atoms with Gasteiger partial charge in [0.2, 0.25) is 0 Å². The topological polar surface area (TPSA) is 28.8 Å². The van der Waals surface area contributed by atoms with Crippen molar-refractivity contribution in [3.8, 4) is 0 Å². The van der Waals surface area contributed by atoms with Crippen LogP contribution in [0.15, 0.2) is 30.3 Å². The molecule has 0 amide bonds. The first-order chi connectivity index (χ1) is 7.74. The zero-order valence-corrected chi connectivity index (χ0v) is 9.96. The van der Waals surface area contributed by atoms with Crippen LogP contribution in [0.3, 0.4) is 0 Å². The van der Waals surface area contributed by atoms with Crippen LogP contribution >= 0.6 is 0 Å². The molecule has 2 aromatic rings. The van der Waals surface area contributed by atoms with Crippen molar-refractivity contribution >= 4 is 10.9 Å². The van der Waals surface area contributed by atoms with Crippen molar-refractivity contribution in [2.45, 2.75) is 33.2 Å². The van der Waals surface area contributed by atoms with Crippen LogP contribution in [0.4, 0.5) is 0 Å². The highest BCUT2D eigenvalue weighted by Crippen LogP contribution is 2.13.